The summed E-state index contributed by atoms with van der Waals surface area (Å²) in [5, 5.41) is 4.85. The molecular weight excluding hydrogens is 380 g/mol. The highest BCUT2D eigenvalue weighted by atomic mass is 32.2. The van der Waals surface area contributed by atoms with Crippen LogP contribution in [0, 0.1) is 6.92 Å². The third-order valence-electron chi connectivity index (χ3n) is 3.80. The van der Waals surface area contributed by atoms with E-state index in [2.05, 4.69) is 26.1 Å². The van der Waals surface area contributed by atoms with Crippen molar-refractivity contribution in [1.82, 2.24) is 10.1 Å². The van der Waals surface area contributed by atoms with E-state index < -0.39 is 28.4 Å². The van der Waals surface area contributed by atoms with Crippen LogP contribution in [-0.2, 0) is 19.6 Å². The molecule has 0 spiro atoms. The molecule has 0 bridgehead atoms. The smallest absolute Gasteiger partial charge is 0.272 e. The van der Waals surface area contributed by atoms with Gasteiger partial charge in [-0.05, 0) is 31.2 Å². The van der Waals surface area contributed by atoms with Gasteiger partial charge in [0.1, 0.15) is 5.57 Å². The Labute approximate surface area is 161 Å². The molecule has 0 radical (unpaired) electrons. The van der Waals surface area contributed by atoms with E-state index in [1.165, 1.54) is 12.1 Å². The van der Waals surface area contributed by atoms with Crippen LogP contribution in [-0.4, -0.2) is 32.6 Å². The number of hydrogen-bond acceptors (Lipinski definition) is 5. The number of para-hydroxylation sites is 1. The van der Waals surface area contributed by atoms with Gasteiger partial charge in [-0.1, -0.05) is 35.9 Å². The standard InChI is InChI=1S/C19H16N4O4S/c1-13-6-8-16(9-7-13)28(26,27)21-12-18(24)23-20-11-15-10-14-4-2-3-5-17(14)22-19(15)25/h2-10,21H,12H2,1H3,(H,23,24). The maximum absolute atomic E-state index is 12.1. The first-order valence-corrected chi connectivity index (χ1v) is 9.71. The zero-order chi connectivity index (χ0) is 20.1. The van der Waals surface area contributed by atoms with Crippen LogP contribution in [0.25, 0.3) is 6.08 Å². The summed E-state index contributed by atoms with van der Waals surface area (Å²) in [6.07, 6.45) is 1.56. The molecule has 2 amide bonds. The lowest BCUT2D eigenvalue weighted by Gasteiger charge is -2.06. The van der Waals surface area contributed by atoms with E-state index in [1.54, 1.807) is 42.5 Å². The molecule has 0 saturated heterocycles. The Balaban J connectivity index is 1.64. The average Bonchev–Trinajstić information content (AvgIpc) is 2.67. The minimum absolute atomic E-state index is 0.0548. The molecular formula is C19H16N4O4S. The molecule has 0 aromatic heterocycles. The summed E-state index contributed by atoms with van der Waals surface area (Å²) >= 11 is 0. The highest BCUT2D eigenvalue weighted by Crippen LogP contribution is 2.09. The van der Waals surface area contributed by atoms with Crippen molar-refractivity contribution < 1.29 is 18.0 Å². The Morgan fingerprint density at radius 3 is 2.61 bits per heavy atom. The van der Waals surface area contributed by atoms with E-state index in [0.29, 0.717) is 5.36 Å². The molecule has 1 aliphatic heterocycles. The van der Waals surface area contributed by atoms with Gasteiger partial charge in [0.25, 0.3) is 11.8 Å². The number of amides is 2. The van der Waals surface area contributed by atoms with Crippen LogP contribution in [0.4, 0.5) is 0 Å². The Morgan fingerprint density at radius 1 is 1.14 bits per heavy atom. The van der Waals surface area contributed by atoms with Crippen molar-refractivity contribution in [2.45, 2.75) is 11.8 Å². The van der Waals surface area contributed by atoms with Gasteiger partial charge in [-0.3, -0.25) is 9.59 Å². The van der Waals surface area contributed by atoms with Crippen LogP contribution < -0.4 is 20.7 Å². The zero-order valence-electron chi connectivity index (χ0n) is 14.8. The zero-order valence-corrected chi connectivity index (χ0v) is 15.7. The van der Waals surface area contributed by atoms with Gasteiger partial charge in [0.05, 0.1) is 16.8 Å². The molecule has 0 fully saturated rings. The van der Waals surface area contributed by atoms with Gasteiger partial charge in [-0.25, -0.2) is 23.6 Å². The van der Waals surface area contributed by atoms with Crippen LogP contribution in [0.2, 0.25) is 0 Å². The SMILES string of the molecule is Cc1ccc(S(=O)(=O)NCC(=O)NN=C=C2C=c3ccccc3=NC2=O)cc1. The number of nitrogens with zero attached hydrogens (tertiary/aromatic N) is 2. The van der Waals surface area contributed by atoms with Crippen molar-refractivity contribution in [2.75, 3.05) is 6.54 Å². The van der Waals surface area contributed by atoms with Crippen LogP contribution in [0.3, 0.4) is 0 Å². The number of benzene rings is 2. The maximum atomic E-state index is 12.1. The molecule has 3 rings (SSSR count). The molecule has 0 unspecified atom stereocenters. The molecule has 8 nitrogen and oxygen atoms in total. The van der Waals surface area contributed by atoms with E-state index in [1.807, 2.05) is 6.92 Å². The van der Waals surface area contributed by atoms with Crippen LogP contribution in [0.15, 0.2) is 69.1 Å². The normalized spacial score (nSPS) is 12.9. The first-order chi connectivity index (χ1) is 13.3. The van der Waals surface area contributed by atoms with Crippen molar-refractivity contribution in [1.29, 1.82) is 0 Å². The number of fused-ring (bicyclic) bond motifs is 1. The summed E-state index contributed by atoms with van der Waals surface area (Å²) in [7, 11) is -3.81. The monoisotopic (exact) mass is 396 g/mol. The lowest BCUT2D eigenvalue weighted by molar-refractivity contribution is -0.120. The van der Waals surface area contributed by atoms with Gasteiger partial charge < -0.3 is 0 Å². The predicted octanol–water partition coefficient (Wildman–Crippen LogP) is -0.459. The predicted molar refractivity (Wildman–Crippen MR) is 102 cm³/mol. The van der Waals surface area contributed by atoms with Gasteiger partial charge in [-0.2, -0.15) is 0 Å². The van der Waals surface area contributed by atoms with Crippen LogP contribution in [0.5, 0.6) is 0 Å². The minimum atomic E-state index is -3.81. The average molecular weight is 396 g/mol. The van der Waals surface area contributed by atoms with Crippen molar-refractivity contribution in [3.63, 3.8) is 0 Å². The molecule has 9 heteroatoms. The molecule has 28 heavy (non-hydrogen) atoms. The Morgan fingerprint density at radius 2 is 1.86 bits per heavy atom. The number of carbonyl (C=O) groups excluding carboxylic acids is 2. The summed E-state index contributed by atoms with van der Waals surface area (Å²) in [4.78, 5) is 27.7. The molecule has 0 atom stereocenters. The van der Waals surface area contributed by atoms with Crippen molar-refractivity contribution in [2.24, 2.45) is 10.1 Å². The summed E-state index contributed by atoms with van der Waals surface area (Å²) in [6.45, 7) is 1.33. The summed E-state index contributed by atoms with van der Waals surface area (Å²) in [5.41, 5.74) is 3.12. The topological polar surface area (TPSA) is 117 Å². The molecule has 2 aromatic rings. The number of aryl methyl sites for hydroxylation is 1. The first-order valence-electron chi connectivity index (χ1n) is 8.23. The van der Waals surface area contributed by atoms with Gasteiger partial charge >= 0.3 is 0 Å². The summed E-state index contributed by atoms with van der Waals surface area (Å²) < 4.78 is 26.4. The number of rotatable bonds is 5. The summed E-state index contributed by atoms with van der Waals surface area (Å²) in [6, 6.07) is 13.3. The van der Waals surface area contributed by atoms with E-state index in [0.717, 1.165) is 10.8 Å². The molecule has 0 aliphatic carbocycles. The number of nitrogens with one attached hydrogen (secondary N) is 2. The first kappa shape index (κ1) is 19.4. The van der Waals surface area contributed by atoms with Crippen LogP contribution in [0.1, 0.15) is 5.56 Å². The van der Waals surface area contributed by atoms with Crippen molar-refractivity contribution in [3.8, 4) is 0 Å². The van der Waals surface area contributed by atoms with E-state index in [9.17, 15) is 18.0 Å². The second-order valence-corrected chi connectivity index (χ2v) is 7.70. The van der Waals surface area contributed by atoms with E-state index >= 15 is 0 Å². The fourth-order valence-corrected chi connectivity index (χ4v) is 3.31. The number of hydrazone groups is 1. The fraction of sp³-hybridized carbons (Fsp3) is 0.105. The number of sulfonamides is 1. The molecule has 2 N–H and O–H groups in total. The highest BCUT2D eigenvalue weighted by molar-refractivity contribution is 7.89. The van der Waals surface area contributed by atoms with Crippen molar-refractivity contribution >= 4 is 33.8 Å². The van der Waals surface area contributed by atoms with Gasteiger partial charge in [0.2, 0.25) is 10.0 Å². The largest absolute Gasteiger partial charge is 0.287 e. The lowest BCUT2D eigenvalue weighted by atomic mass is 10.1. The van der Waals surface area contributed by atoms with E-state index in [-0.39, 0.29) is 10.5 Å². The van der Waals surface area contributed by atoms with Gasteiger partial charge in [0, 0.05) is 11.1 Å². The second kappa shape index (κ2) is 8.10. The maximum Gasteiger partial charge on any atom is 0.287 e. The highest BCUT2D eigenvalue weighted by Gasteiger charge is 2.15. The Kier molecular flexibility index (Phi) is 5.60. The molecule has 2 aromatic carbocycles. The molecule has 1 aliphatic rings. The van der Waals surface area contributed by atoms with Crippen molar-refractivity contribution in [3.05, 3.63) is 70.2 Å². The minimum Gasteiger partial charge on any atom is -0.272 e. The number of hydrogen-bond donors (Lipinski definition) is 2. The van der Waals surface area contributed by atoms with Crippen LogP contribution >= 0.6 is 0 Å². The van der Waals surface area contributed by atoms with E-state index in [4.69, 9.17) is 0 Å². The third-order valence-corrected chi connectivity index (χ3v) is 5.22. The van der Waals surface area contributed by atoms with Gasteiger partial charge in [0.15, 0.2) is 0 Å². The third kappa shape index (κ3) is 4.66. The lowest BCUT2D eigenvalue weighted by Crippen LogP contribution is -2.35. The molecule has 142 valence electrons. The molecule has 0 saturated carbocycles. The second-order valence-electron chi connectivity index (χ2n) is 5.93. The Bertz CT molecular complexity index is 1230. The number of carbonyl (C=O) groups is 2. The van der Waals surface area contributed by atoms with Gasteiger partial charge in [-0.15, -0.1) is 5.10 Å². The quantitative estimate of drug-likeness (QED) is 0.404. The fourth-order valence-electron chi connectivity index (χ4n) is 2.33. The Hall–Kier alpha value is -3.39. The summed E-state index contributed by atoms with van der Waals surface area (Å²) in [5.74, 6) is 1.18. The molecule has 1 heterocycles.